The molecule has 0 saturated heterocycles. The maximum atomic E-state index is 9.67. The highest BCUT2D eigenvalue weighted by molar-refractivity contribution is 5.71. The van der Waals surface area contributed by atoms with Crippen molar-refractivity contribution in [1.29, 1.82) is 0 Å². The van der Waals surface area contributed by atoms with Gasteiger partial charge in [-0.2, -0.15) is 0 Å². The Bertz CT molecular complexity index is 547. The standard InChI is InChI=1S/C18H22O2/c1-2-3-7-16-10-14(12-19)11-17(13-20)18(16)15-8-5-4-6-9-15/h4-6,8-11,19-20H,2-3,7,12-13H2,1H3. The van der Waals surface area contributed by atoms with E-state index in [0.717, 1.165) is 41.5 Å². The normalized spacial score (nSPS) is 10.8. The average Bonchev–Trinajstić information content (AvgIpc) is 2.52. The molecule has 2 rings (SSSR count). The zero-order chi connectivity index (χ0) is 14.4. The maximum Gasteiger partial charge on any atom is 0.0688 e. The number of benzene rings is 2. The van der Waals surface area contributed by atoms with Crippen molar-refractivity contribution in [3.05, 3.63) is 59.2 Å². The van der Waals surface area contributed by atoms with E-state index in [4.69, 9.17) is 0 Å². The zero-order valence-electron chi connectivity index (χ0n) is 12.0. The number of hydrogen-bond donors (Lipinski definition) is 2. The molecule has 106 valence electrons. The lowest BCUT2D eigenvalue weighted by atomic mass is 9.90. The largest absolute Gasteiger partial charge is 0.392 e. The molecular formula is C18H22O2. The number of hydrogen-bond acceptors (Lipinski definition) is 2. The van der Waals surface area contributed by atoms with Crippen LogP contribution in [0.4, 0.5) is 0 Å². The first-order chi connectivity index (χ1) is 9.80. The van der Waals surface area contributed by atoms with E-state index in [0.29, 0.717) is 0 Å². The van der Waals surface area contributed by atoms with Gasteiger partial charge in [-0.25, -0.2) is 0 Å². The van der Waals surface area contributed by atoms with Crippen LogP contribution in [0.5, 0.6) is 0 Å². The van der Waals surface area contributed by atoms with Gasteiger partial charge in [0.25, 0.3) is 0 Å². The summed E-state index contributed by atoms with van der Waals surface area (Å²) in [6.45, 7) is 2.18. The van der Waals surface area contributed by atoms with Gasteiger partial charge in [-0.1, -0.05) is 55.8 Å². The summed E-state index contributed by atoms with van der Waals surface area (Å²) in [6, 6.07) is 14.1. The lowest BCUT2D eigenvalue weighted by Gasteiger charge is -2.16. The van der Waals surface area contributed by atoms with Gasteiger partial charge in [-0.05, 0) is 40.7 Å². The third kappa shape index (κ3) is 3.27. The molecule has 0 amide bonds. The van der Waals surface area contributed by atoms with E-state index >= 15 is 0 Å². The Morgan fingerprint density at radius 2 is 1.60 bits per heavy atom. The zero-order valence-corrected chi connectivity index (χ0v) is 12.0. The molecule has 0 saturated carbocycles. The minimum atomic E-state index is -0.00279. The number of aliphatic hydroxyl groups is 2. The molecule has 0 fully saturated rings. The van der Waals surface area contributed by atoms with E-state index in [1.165, 1.54) is 5.56 Å². The van der Waals surface area contributed by atoms with Gasteiger partial charge in [-0.3, -0.25) is 0 Å². The second-order valence-corrected chi connectivity index (χ2v) is 5.07. The summed E-state index contributed by atoms with van der Waals surface area (Å²) in [7, 11) is 0. The smallest absolute Gasteiger partial charge is 0.0688 e. The van der Waals surface area contributed by atoms with Crippen LogP contribution in [0.25, 0.3) is 11.1 Å². The minimum Gasteiger partial charge on any atom is -0.392 e. The summed E-state index contributed by atoms with van der Waals surface area (Å²) in [5, 5.41) is 19.1. The maximum absolute atomic E-state index is 9.67. The molecule has 0 radical (unpaired) electrons. The van der Waals surface area contributed by atoms with Crippen molar-refractivity contribution < 1.29 is 10.2 Å². The third-order valence-corrected chi connectivity index (χ3v) is 3.58. The van der Waals surface area contributed by atoms with Gasteiger partial charge in [0.2, 0.25) is 0 Å². The van der Waals surface area contributed by atoms with E-state index < -0.39 is 0 Å². The van der Waals surface area contributed by atoms with Crippen LogP contribution in [0.2, 0.25) is 0 Å². The Morgan fingerprint density at radius 1 is 0.900 bits per heavy atom. The van der Waals surface area contributed by atoms with Gasteiger partial charge in [0.15, 0.2) is 0 Å². The summed E-state index contributed by atoms with van der Waals surface area (Å²) in [5.41, 5.74) is 5.24. The fourth-order valence-electron chi connectivity index (χ4n) is 2.60. The molecule has 0 aliphatic rings. The van der Waals surface area contributed by atoms with Crippen molar-refractivity contribution in [2.24, 2.45) is 0 Å². The fourth-order valence-corrected chi connectivity index (χ4v) is 2.60. The first-order valence-electron chi connectivity index (χ1n) is 7.22. The molecule has 0 aromatic heterocycles. The highest BCUT2D eigenvalue weighted by atomic mass is 16.3. The van der Waals surface area contributed by atoms with Crippen LogP contribution >= 0.6 is 0 Å². The topological polar surface area (TPSA) is 40.5 Å². The Kier molecular flexibility index (Phi) is 5.33. The Balaban J connectivity index is 2.56. The summed E-state index contributed by atoms with van der Waals surface area (Å²) in [6.07, 6.45) is 3.22. The minimum absolute atomic E-state index is 0.00279. The molecule has 0 atom stereocenters. The van der Waals surface area contributed by atoms with Crippen molar-refractivity contribution in [2.75, 3.05) is 0 Å². The van der Waals surface area contributed by atoms with Crippen LogP contribution in [0, 0.1) is 0 Å². The molecule has 0 spiro atoms. The van der Waals surface area contributed by atoms with E-state index in [9.17, 15) is 10.2 Å². The van der Waals surface area contributed by atoms with E-state index in [1.807, 2.05) is 24.3 Å². The van der Waals surface area contributed by atoms with Gasteiger partial charge >= 0.3 is 0 Å². The van der Waals surface area contributed by atoms with Crippen LogP contribution < -0.4 is 0 Å². The first-order valence-corrected chi connectivity index (χ1v) is 7.22. The number of rotatable bonds is 6. The van der Waals surface area contributed by atoms with Crippen LogP contribution in [0.1, 0.15) is 36.5 Å². The molecule has 2 aromatic carbocycles. The number of aryl methyl sites for hydroxylation is 1. The quantitative estimate of drug-likeness (QED) is 0.840. The van der Waals surface area contributed by atoms with Gasteiger partial charge < -0.3 is 10.2 Å². The fraction of sp³-hybridized carbons (Fsp3) is 0.333. The third-order valence-electron chi connectivity index (χ3n) is 3.58. The molecule has 0 aliphatic heterocycles. The van der Waals surface area contributed by atoms with E-state index in [1.54, 1.807) is 0 Å². The molecule has 20 heavy (non-hydrogen) atoms. The molecule has 2 nitrogen and oxygen atoms in total. The van der Waals surface area contributed by atoms with Crippen LogP contribution in [-0.2, 0) is 19.6 Å². The first kappa shape index (κ1) is 14.8. The molecule has 0 heterocycles. The van der Waals surface area contributed by atoms with Crippen LogP contribution in [-0.4, -0.2) is 10.2 Å². The van der Waals surface area contributed by atoms with Gasteiger partial charge in [-0.15, -0.1) is 0 Å². The van der Waals surface area contributed by atoms with Crippen molar-refractivity contribution in [1.82, 2.24) is 0 Å². The lowest BCUT2D eigenvalue weighted by molar-refractivity contribution is 0.275. The SMILES string of the molecule is CCCCc1cc(CO)cc(CO)c1-c1ccccc1. The van der Waals surface area contributed by atoms with Crippen molar-refractivity contribution in [3.8, 4) is 11.1 Å². The second kappa shape index (κ2) is 7.22. The molecule has 0 aliphatic carbocycles. The molecular weight excluding hydrogens is 248 g/mol. The summed E-state index contributed by atoms with van der Waals surface area (Å²) in [4.78, 5) is 0. The predicted molar refractivity (Wildman–Crippen MR) is 82.3 cm³/mol. The van der Waals surface area contributed by atoms with E-state index in [2.05, 4.69) is 25.1 Å². The number of unbranched alkanes of at least 4 members (excludes halogenated alkanes) is 1. The Hall–Kier alpha value is -1.64. The van der Waals surface area contributed by atoms with Crippen molar-refractivity contribution in [2.45, 2.75) is 39.4 Å². The highest BCUT2D eigenvalue weighted by Gasteiger charge is 2.12. The summed E-state index contributed by atoms with van der Waals surface area (Å²) in [5.74, 6) is 0. The Labute approximate surface area is 120 Å². The van der Waals surface area contributed by atoms with Crippen molar-refractivity contribution >= 4 is 0 Å². The summed E-state index contributed by atoms with van der Waals surface area (Å²) < 4.78 is 0. The van der Waals surface area contributed by atoms with Crippen LogP contribution in [0.3, 0.4) is 0 Å². The average molecular weight is 270 g/mol. The van der Waals surface area contributed by atoms with Gasteiger partial charge in [0.1, 0.15) is 0 Å². The van der Waals surface area contributed by atoms with Gasteiger partial charge in [0, 0.05) is 0 Å². The molecule has 2 N–H and O–H groups in total. The highest BCUT2D eigenvalue weighted by Crippen LogP contribution is 2.30. The second-order valence-electron chi connectivity index (χ2n) is 5.07. The van der Waals surface area contributed by atoms with Gasteiger partial charge in [0.05, 0.1) is 13.2 Å². The monoisotopic (exact) mass is 270 g/mol. The predicted octanol–water partition coefficient (Wildman–Crippen LogP) is 3.68. The van der Waals surface area contributed by atoms with Crippen LogP contribution in [0.15, 0.2) is 42.5 Å². The molecule has 2 aromatic rings. The molecule has 0 unspecified atom stereocenters. The summed E-state index contributed by atoms with van der Waals surface area (Å²) >= 11 is 0. The van der Waals surface area contributed by atoms with Crippen molar-refractivity contribution in [3.63, 3.8) is 0 Å². The Morgan fingerprint density at radius 3 is 2.20 bits per heavy atom. The number of aliphatic hydroxyl groups excluding tert-OH is 2. The molecule has 2 heteroatoms. The van der Waals surface area contributed by atoms with E-state index in [-0.39, 0.29) is 13.2 Å². The molecule has 0 bridgehead atoms. The lowest BCUT2D eigenvalue weighted by Crippen LogP contribution is -2.00.